The van der Waals surface area contributed by atoms with E-state index in [0.29, 0.717) is 0 Å². The molecule has 1 aliphatic heterocycles. The highest BCUT2D eigenvalue weighted by atomic mass is 35.5. The van der Waals surface area contributed by atoms with E-state index in [-0.39, 0.29) is 11.3 Å². The normalized spacial score (nSPS) is 25.8. The molecule has 0 saturated carbocycles. The van der Waals surface area contributed by atoms with E-state index in [2.05, 4.69) is 6.92 Å². The summed E-state index contributed by atoms with van der Waals surface area (Å²) < 4.78 is 0. The fourth-order valence-electron chi connectivity index (χ4n) is 1.97. The molecule has 1 amide bonds. The molecule has 2 atom stereocenters. The van der Waals surface area contributed by atoms with Gasteiger partial charge in [-0.1, -0.05) is 43.1 Å². The standard InChI is InChI=1S/C14H15ClN2OS/c1-2-3-9-19-13-14(15,10-16)12(18)17(13)11-7-5-4-6-8-11/h4-8,13H,2-3,9H2,1H3/t13-,14-/m0/s1. The zero-order valence-corrected chi connectivity index (χ0v) is 12.2. The quantitative estimate of drug-likeness (QED) is 0.475. The highest BCUT2D eigenvalue weighted by Gasteiger charge is 2.61. The summed E-state index contributed by atoms with van der Waals surface area (Å²) in [5, 5.41) is 8.86. The molecule has 1 saturated heterocycles. The van der Waals surface area contributed by atoms with Crippen molar-refractivity contribution in [3.8, 4) is 6.07 Å². The van der Waals surface area contributed by atoms with Crippen molar-refractivity contribution in [1.82, 2.24) is 0 Å². The Hall–Kier alpha value is -1.18. The highest BCUT2D eigenvalue weighted by Crippen LogP contribution is 2.45. The number of benzene rings is 1. The number of thioether (sulfide) groups is 1. The molecule has 100 valence electrons. The van der Waals surface area contributed by atoms with Crippen LogP contribution in [0.15, 0.2) is 30.3 Å². The van der Waals surface area contributed by atoms with Crippen LogP contribution in [0.5, 0.6) is 0 Å². The number of carbonyl (C=O) groups excluding carboxylic acids is 1. The monoisotopic (exact) mass is 294 g/mol. The molecule has 0 bridgehead atoms. The SMILES string of the molecule is CCCCS[C@@H]1N(c2ccccc2)C(=O)[C@@]1(Cl)C#N. The summed E-state index contributed by atoms with van der Waals surface area (Å²) in [6.07, 6.45) is 2.14. The van der Waals surface area contributed by atoms with Crippen LogP contribution in [0.2, 0.25) is 0 Å². The first-order valence-corrected chi connectivity index (χ1v) is 7.68. The van der Waals surface area contributed by atoms with Gasteiger partial charge in [0.15, 0.2) is 0 Å². The second-order valence-electron chi connectivity index (χ2n) is 4.41. The number of para-hydroxylation sites is 1. The van der Waals surface area contributed by atoms with Crippen LogP contribution < -0.4 is 4.90 Å². The summed E-state index contributed by atoms with van der Waals surface area (Å²) in [6, 6.07) is 11.3. The van der Waals surface area contributed by atoms with Crippen molar-refractivity contribution in [2.75, 3.05) is 10.7 Å². The van der Waals surface area contributed by atoms with E-state index in [0.717, 1.165) is 24.3 Å². The van der Waals surface area contributed by atoms with E-state index in [9.17, 15) is 4.79 Å². The second-order valence-corrected chi connectivity index (χ2v) is 6.20. The van der Waals surface area contributed by atoms with Gasteiger partial charge in [-0.3, -0.25) is 9.69 Å². The molecule has 0 N–H and O–H groups in total. The van der Waals surface area contributed by atoms with Gasteiger partial charge in [0.25, 0.3) is 5.91 Å². The number of anilines is 1. The van der Waals surface area contributed by atoms with E-state index in [4.69, 9.17) is 16.9 Å². The van der Waals surface area contributed by atoms with Crippen LogP contribution >= 0.6 is 23.4 Å². The van der Waals surface area contributed by atoms with Gasteiger partial charge < -0.3 is 0 Å². The van der Waals surface area contributed by atoms with Crippen molar-refractivity contribution in [1.29, 1.82) is 5.26 Å². The number of rotatable bonds is 5. The molecule has 0 unspecified atom stereocenters. The maximum absolute atomic E-state index is 12.1. The lowest BCUT2D eigenvalue weighted by molar-refractivity contribution is -0.124. The minimum atomic E-state index is -1.41. The predicted molar refractivity (Wildman–Crippen MR) is 79.3 cm³/mol. The lowest BCUT2D eigenvalue weighted by Crippen LogP contribution is -2.69. The lowest BCUT2D eigenvalue weighted by Gasteiger charge is -2.48. The molecule has 0 aromatic heterocycles. The van der Waals surface area contributed by atoms with Crippen LogP contribution in [0.25, 0.3) is 0 Å². The molecule has 1 fully saturated rings. The number of unbranched alkanes of at least 4 members (excludes halogenated alkanes) is 1. The average Bonchev–Trinajstić information content (AvgIpc) is 2.46. The van der Waals surface area contributed by atoms with Gasteiger partial charge in [-0.05, 0) is 24.3 Å². The number of alkyl halides is 1. The molecule has 0 radical (unpaired) electrons. The van der Waals surface area contributed by atoms with Crippen LogP contribution in [0.1, 0.15) is 19.8 Å². The van der Waals surface area contributed by atoms with Crippen molar-refractivity contribution in [2.45, 2.75) is 30.0 Å². The summed E-state index contributed by atoms with van der Waals surface area (Å²) in [4.78, 5) is 12.3. The van der Waals surface area contributed by atoms with Crippen LogP contribution in [0.3, 0.4) is 0 Å². The van der Waals surface area contributed by atoms with Gasteiger partial charge in [0.2, 0.25) is 4.87 Å². The van der Waals surface area contributed by atoms with Gasteiger partial charge in [-0.25, -0.2) is 0 Å². The molecule has 2 rings (SSSR count). The van der Waals surface area contributed by atoms with Gasteiger partial charge in [-0.15, -0.1) is 11.8 Å². The van der Waals surface area contributed by atoms with Crippen molar-refractivity contribution in [2.24, 2.45) is 0 Å². The molecule has 3 nitrogen and oxygen atoms in total. The third-order valence-corrected chi connectivity index (χ3v) is 5.06. The smallest absolute Gasteiger partial charge is 0.266 e. The largest absolute Gasteiger partial charge is 0.294 e. The van der Waals surface area contributed by atoms with Crippen molar-refractivity contribution >= 4 is 35.0 Å². The maximum atomic E-state index is 12.1. The third kappa shape index (κ3) is 2.45. The predicted octanol–water partition coefficient (Wildman–Crippen LogP) is 3.39. The Kier molecular flexibility index (Phi) is 4.38. The number of hydrogen-bond donors (Lipinski definition) is 0. The Morgan fingerprint density at radius 1 is 1.47 bits per heavy atom. The van der Waals surface area contributed by atoms with Crippen LogP contribution in [0, 0.1) is 11.3 Å². The summed E-state index contributed by atoms with van der Waals surface area (Å²) in [6.45, 7) is 2.11. The van der Waals surface area contributed by atoms with Gasteiger partial charge >= 0.3 is 0 Å². The molecule has 1 aliphatic rings. The molecular weight excluding hydrogens is 280 g/mol. The molecule has 0 spiro atoms. The molecule has 0 aliphatic carbocycles. The van der Waals surface area contributed by atoms with Crippen LogP contribution in [-0.4, -0.2) is 21.9 Å². The Labute approximate surface area is 122 Å². The first-order valence-electron chi connectivity index (χ1n) is 6.25. The Morgan fingerprint density at radius 2 is 2.16 bits per heavy atom. The van der Waals surface area contributed by atoms with Gasteiger partial charge in [-0.2, -0.15) is 5.26 Å². The fraction of sp³-hybridized carbons (Fsp3) is 0.429. The Morgan fingerprint density at radius 3 is 2.74 bits per heavy atom. The average molecular weight is 295 g/mol. The van der Waals surface area contributed by atoms with E-state index >= 15 is 0 Å². The summed E-state index contributed by atoms with van der Waals surface area (Å²) in [7, 11) is 0. The summed E-state index contributed by atoms with van der Waals surface area (Å²) in [5.74, 6) is 0.574. The first kappa shape index (κ1) is 14.2. The molecular formula is C14H15ClN2OS. The summed E-state index contributed by atoms with van der Waals surface area (Å²) >= 11 is 7.74. The first-order chi connectivity index (χ1) is 9.15. The molecule has 1 aromatic carbocycles. The zero-order valence-electron chi connectivity index (χ0n) is 10.7. The maximum Gasteiger partial charge on any atom is 0.266 e. The highest BCUT2D eigenvalue weighted by molar-refractivity contribution is 8.00. The molecule has 1 aromatic rings. The van der Waals surface area contributed by atoms with E-state index in [1.54, 1.807) is 16.7 Å². The molecule has 19 heavy (non-hydrogen) atoms. The second kappa shape index (κ2) is 5.85. The van der Waals surface area contributed by atoms with Gasteiger partial charge in [0.1, 0.15) is 5.37 Å². The number of nitriles is 1. The van der Waals surface area contributed by atoms with E-state index < -0.39 is 4.87 Å². The van der Waals surface area contributed by atoms with Gasteiger partial charge in [0.05, 0.1) is 6.07 Å². The number of nitrogens with zero attached hydrogens (tertiary/aromatic N) is 2. The summed E-state index contributed by atoms with van der Waals surface area (Å²) in [5.41, 5.74) is 0.799. The number of β-lactam (4-membered cyclic amide) rings is 1. The number of halogens is 1. The Bertz CT molecular complexity index is 502. The van der Waals surface area contributed by atoms with Crippen LogP contribution in [-0.2, 0) is 4.79 Å². The fourth-order valence-corrected chi connectivity index (χ4v) is 3.78. The minimum absolute atomic E-state index is 0.305. The zero-order chi connectivity index (χ0) is 13.9. The number of amides is 1. The van der Waals surface area contributed by atoms with Crippen LogP contribution in [0.4, 0.5) is 5.69 Å². The molecule has 5 heteroatoms. The topological polar surface area (TPSA) is 44.1 Å². The number of hydrogen-bond acceptors (Lipinski definition) is 3. The minimum Gasteiger partial charge on any atom is -0.294 e. The van der Waals surface area contributed by atoms with Crippen molar-refractivity contribution in [3.05, 3.63) is 30.3 Å². The Balaban J connectivity index is 2.19. The number of carbonyl (C=O) groups is 1. The lowest BCUT2D eigenvalue weighted by atomic mass is 9.97. The molecule has 1 heterocycles. The van der Waals surface area contributed by atoms with E-state index in [1.807, 2.05) is 36.4 Å². The van der Waals surface area contributed by atoms with E-state index in [1.165, 1.54) is 0 Å². The van der Waals surface area contributed by atoms with Gasteiger partial charge in [0, 0.05) is 5.69 Å². The van der Waals surface area contributed by atoms with Crippen molar-refractivity contribution in [3.63, 3.8) is 0 Å². The third-order valence-electron chi connectivity index (χ3n) is 3.08. The van der Waals surface area contributed by atoms with Crippen molar-refractivity contribution < 1.29 is 4.79 Å².